The van der Waals surface area contributed by atoms with E-state index in [4.69, 9.17) is 0 Å². The van der Waals surface area contributed by atoms with Gasteiger partial charge < -0.3 is 4.90 Å². The van der Waals surface area contributed by atoms with E-state index in [1.807, 2.05) is 26.2 Å². The predicted octanol–water partition coefficient (Wildman–Crippen LogP) is 2.40. The van der Waals surface area contributed by atoms with Gasteiger partial charge in [0.1, 0.15) is 5.01 Å². The molecule has 3 heterocycles. The SMILES string of the molecule is Cc1nnc(NC(=O)N(C)C[C@@H]2CCN(C)[C@H]2c2cccnc2)s1. The predicted molar refractivity (Wildman–Crippen MR) is 94.0 cm³/mol. The van der Waals surface area contributed by atoms with Crippen molar-refractivity contribution in [3.8, 4) is 0 Å². The largest absolute Gasteiger partial charge is 0.327 e. The van der Waals surface area contributed by atoms with Crippen molar-refractivity contribution in [2.45, 2.75) is 19.4 Å². The summed E-state index contributed by atoms with van der Waals surface area (Å²) >= 11 is 1.38. The number of hydrogen-bond acceptors (Lipinski definition) is 6. The molecule has 0 radical (unpaired) electrons. The molecule has 0 unspecified atom stereocenters. The van der Waals surface area contributed by atoms with Crippen LogP contribution in [-0.2, 0) is 0 Å². The average Bonchev–Trinajstić information content (AvgIpc) is 3.14. The summed E-state index contributed by atoms with van der Waals surface area (Å²) in [6.45, 7) is 3.58. The van der Waals surface area contributed by atoms with Crippen molar-refractivity contribution in [1.82, 2.24) is 25.0 Å². The fraction of sp³-hybridized carbons (Fsp3) is 0.500. The first-order chi connectivity index (χ1) is 11.5. The van der Waals surface area contributed by atoms with Crippen LogP contribution in [0.1, 0.15) is 23.0 Å². The summed E-state index contributed by atoms with van der Waals surface area (Å²) < 4.78 is 0. The first kappa shape index (κ1) is 16.8. The van der Waals surface area contributed by atoms with Gasteiger partial charge in [0.25, 0.3) is 0 Å². The van der Waals surface area contributed by atoms with Gasteiger partial charge in [-0.15, -0.1) is 10.2 Å². The molecule has 1 saturated heterocycles. The first-order valence-electron chi connectivity index (χ1n) is 7.97. The van der Waals surface area contributed by atoms with E-state index in [-0.39, 0.29) is 12.1 Å². The van der Waals surface area contributed by atoms with Crippen LogP contribution in [0.25, 0.3) is 0 Å². The number of hydrogen-bond donors (Lipinski definition) is 1. The van der Waals surface area contributed by atoms with Crippen molar-refractivity contribution in [2.24, 2.45) is 5.92 Å². The number of pyridine rings is 1. The van der Waals surface area contributed by atoms with Gasteiger partial charge in [0, 0.05) is 32.0 Å². The topological polar surface area (TPSA) is 74.2 Å². The fourth-order valence-corrected chi connectivity index (χ4v) is 3.85. The highest BCUT2D eigenvalue weighted by Crippen LogP contribution is 2.36. The molecule has 1 aliphatic heterocycles. The number of nitrogens with zero attached hydrogens (tertiary/aromatic N) is 5. The molecule has 2 amide bonds. The molecule has 24 heavy (non-hydrogen) atoms. The number of carbonyl (C=O) groups excluding carboxylic acids is 1. The van der Waals surface area contributed by atoms with Crippen LogP contribution in [0.4, 0.5) is 9.93 Å². The molecule has 0 aromatic carbocycles. The minimum atomic E-state index is -0.148. The minimum Gasteiger partial charge on any atom is -0.327 e. The van der Waals surface area contributed by atoms with Gasteiger partial charge in [0.2, 0.25) is 5.13 Å². The monoisotopic (exact) mass is 346 g/mol. The highest BCUT2D eigenvalue weighted by atomic mass is 32.1. The Morgan fingerprint density at radius 2 is 2.33 bits per heavy atom. The maximum absolute atomic E-state index is 12.4. The number of carbonyl (C=O) groups is 1. The van der Waals surface area contributed by atoms with Crippen LogP contribution >= 0.6 is 11.3 Å². The van der Waals surface area contributed by atoms with Crippen LogP contribution in [0.5, 0.6) is 0 Å². The van der Waals surface area contributed by atoms with Gasteiger partial charge in [-0.2, -0.15) is 0 Å². The Balaban J connectivity index is 1.64. The zero-order chi connectivity index (χ0) is 17.1. The summed E-state index contributed by atoms with van der Waals surface area (Å²) in [4.78, 5) is 20.7. The van der Waals surface area contributed by atoms with E-state index < -0.39 is 0 Å². The second-order valence-corrected chi connectivity index (χ2v) is 7.38. The van der Waals surface area contributed by atoms with Crippen LogP contribution < -0.4 is 5.32 Å². The summed E-state index contributed by atoms with van der Waals surface area (Å²) in [5.41, 5.74) is 1.20. The molecule has 0 saturated carbocycles. The van der Waals surface area contributed by atoms with E-state index in [1.165, 1.54) is 16.9 Å². The van der Waals surface area contributed by atoms with Crippen molar-refractivity contribution in [3.63, 3.8) is 0 Å². The molecule has 0 aliphatic carbocycles. The van der Waals surface area contributed by atoms with E-state index in [9.17, 15) is 4.79 Å². The second-order valence-electron chi connectivity index (χ2n) is 6.20. The Hall–Kier alpha value is -2.06. The molecule has 8 heteroatoms. The van der Waals surface area contributed by atoms with E-state index in [0.29, 0.717) is 17.6 Å². The van der Waals surface area contributed by atoms with Crippen molar-refractivity contribution in [1.29, 1.82) is 0 Å². The number of likely N-dealkylation sites (tertiary alicyclic amines) is 1. The van der Waals surface area contributed by atoms with Gasteiger partial charge in [0.05, 0.1) is 0 Å². The number of amides is 2. The minimum absolute atomic E-state index is 0.148. The molecule has 1 fully saturated rings. The summed E-state index contributed by atoms with van der Waals surface area (Å²) in [6.07, 6.45) is 4.77. The smallest absolute Gasteiger partial charge is 0.323 e. The third kappa shape index (κ3) is 3.70. The number of anilines is 1. The van der Waals surface area contributed by atoms with Gasteiger partial charge in [-0.3, -0.25) is 15.2 Å². The van der Waals surface area contributed by atoms with E-state index in [2.05, 4.69) is 38.5 Å². The standard InChI is InChI=1S/C16H22N6OS/c1-11-19-20-15(24-11)18-16(23)22(3)10-13-6-8-21(2)14(13)12-5-4-7-17-9-12/h4-5,7,9,13-14H,6,8,10H2,1-3H3,(H,18,20,23)/t13-,14-/m0/s1. The maximum Gasteiger partial charge on any atom is 0.323 e. The summed E-state index contributed by atoms with van der Waals surface area (Å²) in [6, 6.07) is 4.21. The Kier molecular flexibility index (Phi) is 5.06. The van der Waals surface area contributed by atoms with Crippen LogP contribution in [-0.4, -0.2) is 58.2 Å². The van der Waals surface area contributed by atoms with Crippen molar-refractivity contribution in [2.75, 3.05) is 32.5 Å². The Bertz CT molecular complexity index is 691. The second kappa shape index (κ2) is 7.23. The molecular weight excluding hydrogens is 324 g/mol. The Labute approximate surface area is 145 Å². The van der Waals surface area contributed by atoms with Gasteiger partial charge >= 0.3 is 6.03 Å². The summed E-state index contributed by atoms with van der Waals surface area (Å²) in [7, 11) is 3.95. The molecule has 0 spiro atoms. The summed E-state index contributed by atoms with van der Waals surface area (Å²) in [5, 5.41) is 12.0. The molecule has 1 N–H and O–H groups in total. The van der Waals surface area contributed by atoms with Gasteiger partial charge in [-0.05, 0) is 44.5 Å². The quantitative estimate of drug-likeness (QED) is 0.920. The van der Waals surface area contributed by atoms with Crippen LogP contribution in [0.3, 0.4) is 0 Å². The molecule has 128 valence electrons. The number of urea groups is 1. The third-order valence-corrected chi connectivity index (χ3v) is 5.15. The molecule has 7 nitrogen and oxygen atoms in total. The highest BCUT2D eigenvalue weighted by molar-refractivity contribution is 7.15. The lowest BCUT2D eigenvalue weighted by molar-refractivity contribution is 0.201. The van der Waals surface area contributed by atoms with E-state index >= 15 is 0 Å². The van der Waals surface area contributed by atoms with E-state index in [0.717, 1.165) is 18.0 Å². The van der Waals surface area contributed by atoms with Gasteiger partial charge in [0.15, 0.2) is 0 Å². The zero-order valence-corrected chi connectivity index (χ0v) is 15.0. The van der Waals surface area contributed by atoms with Crippen LogP contribution in [0.15, 0.2) is 24.5 Å². The number of nitrogens with one attached hydrogen (secondary N) is 1. The van der Waals surface area contributed by atoms with Crippen molar-refractivity contribution >= 4 is 22.5 Å². The van der Waals surface area contributed by atoms with Crippen molar-refractivity contribution < 1.29 is 4.79 Å². The summed E-state index contributed by atoms with van der Waals surface area (Å²) in [5.74, 6) is 0.381. The van der Waals surface area contributed by atoms with Crippen molar-refractivity contribution in [3.05, 3.63) is 35.1 Å². The number of rotatable bonds is 4. The first-order valence-corrected chi connectivity index (χ1v) is 8.78. The Morgan fingerprint density at radius 1 is 1.50 bits per heavy atom. The molecule has 2 atom stereocenters. The number of aromatic nitrogens is 3. The third-order valence-electron chi connectivity index (χ3n) is 4.39. The van der Waals surface area contributed by atoms with Gasteiger partial charge in [-0.25, -0.2) is 4.79 Å². The highest BCUT2D eigenvalue weighted by Gasteiger charge is 2.34. The maximum atomic E-state index is 12.4. The molecule has 0 bridgehead atoms. The fourth-order valence-electron chi connectivity index (χ4n) is 3.26. The lowest BCUT2D eigenvalue weighted by atomic mass is 9.94. The lowest BCUT2D eigenvalue weighted by Crippen LogP contribution is -2.37. The average molecular weight is 346 g/mol. The molecule has 3 rings (SSSR count). The molecule has 1 aliphatic rings. The number of aryl methyl sites for hydroxylation is 1. The van der Waals surface area contributed by atoms with Crippen LogP contribution in [0, 0.1) is 12.8 Å². The normalized spacial score (nSPS) is 21.0. The van der Waals surface area contributed by atoms with E-state index in [1.54, 1.807) is 11.1 Å². The van der Waals surface area contributed by atoms with Crippen LogP contribution in [0.2, 0.25) is 0 Å². The zero-order valence-electron chi connectivity index (χ0n) is 14.1. The lowest BCUT2D eigenvalue weighted by Gasteiger charge is -2.28. The molecule has 2 aromatic rings. The molecular formula is C16H22N6OS. The van der Waals surface area contributed by atoms with Gasteiger partial charge in [-0.1, -0.05) is 17.4 Å². The molecule has 2 aromatic heterocycles. The Morgan fingerprint density at radius 3 is 3.00 bits per heavy atom.